The van der Waals surface area contributed by atoms with E-state index in [1.807, 2.05) is 0 Å². The van der Waals surface area contributed by atoms with E-state index in [1.165, 1.54) is 44.9 Å². The van der Waals surface area contributed by atoms with Gasteiger partial charge in [0.15, 0.2) is 0 Å². The minimum Gasteiger partial charge on any atom is -0.323 e. The lowest BCUT2D eigenvalue weighted by molar-refractivity contribution is -0.133. The van der Waals surface area contributed by atoms with Crippen molar-refractivity contribution in [2.75, 3.05) is 0 Å². The largest absolute Gasteiger partial charge is 0.323 e. The molecule has 0 aromatic rings. The van der Waals surface area contributed by atoms with Gasteiger partial charge >= 0.3 is 0 Å². The van der Waals surface area contributed by atoms with E-state index in [0.717, 1.165) is 6.42 Å². The molecular weight excluding hydrogens is 260 g/mol. The third-order valence-corrected chi connectivity index (χ3v) is 5.06. The van der Waals surface area contributed by atoms with Crippen molar-refractivity contribution in [3.8, 4) is 0 Å². The van der Waals surface area contributed by atoms with Crippen molar-refractivity contribution < 1.29 is 4.79 Å². The highest BCUT2D eigenvalue weighted by atomic mass is 16.2. The average Bonchev–Trinajstić information content (AvgIpc) is 2.66. The minimum atomic E-state index is 0.0270. The highest BCUT2D eigenvalue weighted by molar-refractivity contribution is 5.85. The number of amides is 1. The number of nitrogens with zero attached hydrogens (tertiary/aromatic N) is 1. The van der Waals surface area contributed by atoms with Crippen molar-refractivity contribution in [3.05, 3.63) is 0 Å². The van der Waals surface area contributed by atoms with Crippen molar-refractivity contribution in [3.63, 3.8) is 0 Å². The zero-order valence-electron chi connectivity index (χ0n) is 14.4. The molecule has 1 heterocycles. The summed E-state index contributed by atoms with van der Waals surface area (Å²) in [6.07, 6.45) is 10.4. The quantitative estimate of drug-likeness (QED) is 0.852. The fourth-order valence-corrected chi connectivity index (χ4v) is 3.93. The second-order valence-electron chi connectivity index (χ2n) is 7.78. The fourth-order valence-electron chi connectivity index (χ4n) is 3.93. The Kier molecular flexibility index (Phi) is 6.09. The predicted molar refractivity (Wildman–Crippen MR) is 88.0 cm³/mol. The van der Waals surface area contributed by atoms with Crippen molar-refractivity contribution in [2.45, 2.75) is 97.3 Å². The predicted octanol–water partition coefficient (Wildman–Crippen LogP) is 3.93. The maximum absolute atomic E-state index is 12.9. The molecule has 0 aromatic carbocycles. The van der Waals surface area contributed by atoms with Crippen molar-refractivity contribution in [2.24, 2.45) is 11.8 Å². The molecule has 0 aromatic heterocycles. The number of hydrogen-bond donors (Lipinski definition) is 1. The van der Waals surface area contributed by atoms with Crippen LogP contribution in [0.15, 0.2) is 0 Å². The molecule has 2 atom stereocenters. The van der Waals surface area contributed by atoms with Gasteiger partial charge in [0.1, 0.15) is 0 Å². The molecule has 3 nitrogen and oxygen atoms in total. The number of carbonyl (C=O) groups is 1. The molecule has 1 N–H and O–H groups in total. The number of rotatable bonds is 4. The summed E-state index contributed by atoms with van der Waals surface area (Å²) in [5.74, 6) is 1.37. The Labute approximate surface area is 130 Å². The summed E-state index contributed by atoms with van der Waals surface area (Å²) < 4.78 is 0. The first-order chi connectivity index (χ1) is 10.0. The van der Waals surface area contributed by atoms with Crippen LogP contribution in [0.4, 0.5) is 0 Å². The van der Waals surface area contributed by atoms with Gasteiger partial charge < -0.3 is 4.90 Å². The van der Waals surface area contributed by atoms with Crippen LogP contribution in [-0.2, 0) is 4.79 Å². The molecule has 2 rings (SSSR count). The summed E-state index contributed by atoms with van der Waals surface area (Å²) in [5.41, 5.74) is 0. The zero-order chi connectivity index (χ0) is 15.4. The minimum absolute atomic E-state index is 0.0270. The van der Waals surface area contributed by atoms with Crippen molar-refractivity contribution >= 4 is 5.91 Å². The molecule has 3 heteroatoms. The zero-order valence-corrected chi connectivity index (χ0v) is 14.4. The Morgan fingerprint density at radius 3 is 2.14 bits per heavy atom. The van der Waals surface area contributed by atoms with Gasteiger partial charge in [-0.05, 0) is 31.1 Å². The maximum Gasteiger partial charge on any atom is 0.241 e. The Bertz CT molecular complexity index is 332. The Hall–Kier alpha value is -0.570. The molecule has 2 fully saturated rings. The molecule has 1 saturated carbocycles. The third-order valence-electron chi connectivity index (χ3n) is 5.06. The Balaban J connectivity index is 2.12. The molecule has 0 spiro atoms. The second-order valence-corrected chi connectivity index (χ2v) is 7.78. The van der Waals surface area contributed by atoms with Crippen LogP contribution in [0.2, 0.25) is 0 Å². The normalized spacial score (nSPS) is 29.2. The van der Waals surface area contributed by atoms with Gasteiger partial charge in [0, 0.05) is 6.04 Å². The van der Waals surface area contributed by atoms with E-state index >= 15 is 0 Å². The topological polar surface area (TPSA) is 32.3 Å². The van der Waals surface area contributed by atoms with E-state index < -0.39 is 0 Å². The fraction of sp³-hybridized carbons (Fsp3) is 0.944. The summed E-state index contributed by atoms with van der Waals surface area (Å²) in [4.78, 5) is 15.1. The lowest BCUT2D eigenvalue weighted by atomic mass is 9.94. The molecule has 122 valence electrons. The second kappa shape index (κ2) is 7.62. The highest BCUT2D eigenvalue weighted by Gasteiger charge is 2.43. The van der Waals surface area contributed by atoms with Crippen LogP contribution in [0, 0.1) is 11.8 Å². The lowest BCUT2D eigenvalue weighted by Gasteiger charge is -2.34. The SMILES string of the molecule is CC(C)CC1NC(C(C)C)C(=O)N1C1CCCCCCC1. The van der Waals surface area contributed by atoms with Gasteiger partial charge in [-0.1, -0.05) is 59.8 Å². The van der Waals surface area contributed by atoms with Crippen LogP contribution >= 0.6 is 0 Å². The summed E-state index contributed by atoms with van der Waals surface area (Å²) in [6.45, 7) is 8.82. The molecule has 1 aliphatic heterocycles. The summed E-state index contributed by atoms with van der Waals surface area (Å²) in [5, 5.41) is 3.63. The lowest BCUT2D eigenvalue weighted by Crippen LogP contribution is -2.45. The first kappa shape index (κ1) is 16.8. The van der Waals surface area contributed by atoms with Crippen LogP contribution in [0.1, 0.15) is 79.1 Å². The number of carbonyl (C=O) groups excluding carboxylic acids is 1. The summed E-state index contributed by atoms with van der Waals surface area (Å²) in [7, 11) is 0. The molecule has 2 aliphatic rings. The standard InChI is InChI=1S/C18H34N2O/c1-13(2)12-16-19-17(14(3)4)18(21)20(16)15-10-8-6-5-7-9-11-15/h13-17,19H,5-12H2,1-4H3. The molecule has 21 heavy (non-hydrogen) atoms. The van der Waals surface area contributed by atoms with Gasteiger partial charge in [-0.15, -0.1) is 0 Å². The smallest absolute Gasteiger partial charge is 0.241 e. The van der Waals surface area contributed by atoms with Crippen LogP contribution < -0.4 is 5.32 Å². The van der Waals surface area contributed by atoms with E-state index in [-0.39, 0.29) is 12.2 Å². The van der Waals surface area contributed by atoms with Crippen LogP contribution in [0.3, 0.4) is 0 Å². The summed E-state index contributed by atoms with van der Waals surface area (Å²) in [6, 6.07) is 0.497. The summed E-state index contributed by atoms with van der Waals surface area (Å²) >= 11 is 0. The van der Waals surface area contributed by atoms with Crippen LogP contribution in [0.25, 0.3) is 0 Å². The number of nitrogens with one attached hydrogen (secondary N) is 1. The van der Waals surface area contributed by atoms with E-state index in [9.17, 15) is 4.79 Å². The van der Waals surface area contributed by atoms with Crippen LogP contribution in [0.5, 0.6) is 0 Å². The van der Waals surface area contributed by atoms with Gasteiger partial charge in [0.2, 0.25) is 5.91 Å². The molecule has 2 unspecified atom stereocenters. The Morgan fingerprint density at radius 2 is 1.62 bits per heavy atom. The van der Waals surface area contributed by atoms with Crippen LogP contribution in [-0.4, -0.2) is 29.1 Å². The van der Waals surface area contributed by atoms with E-state index in [2.05, 4.69) is 37.9 Å². The highest BCUT2D eigenvalue weighted by Crippen LogP contribution is 2.29. The molecule has 1 amide bonds. The van der Waals surface area contributed by atoms with E-state index in [4.69, 9.17) is 0 Å². The molecular formula is C18H34N2O. The van der Waals surface area contributed by atoms with Gasteiger partial charge in [-0.3, -0.25) is 10.1 Å². The maximum atomic E-state index is 12.9. The van der Waals surface area contributed by atoms with Gasteiger partial charge in [-0.25, -0.2) is 0 Å². The van der Waals surface area contributed by atoms with E-state index in [1.54, 1.807) is 0 Å². The Morgan fingerprint density at radius 1 is 1.05 bits per heavy atom. The third kappa shape index (κ3) is 4.21. The first-order valence-corrected chi connectivity index (χ1v) is 9.09. The monoisotopic (exact) mass is 294 g/mol. The molecule has 0 radical (unpaired) electrons. The van der Waals surface area contributed by atoms with Crippen molar-refractivity contribution in [1.29, 1.82) is 0 Å². The molecule has 0 bridgehead atoms. The van der Waals surface area contributed by atoms with Gasteiger partial charge in [0.25, 0.3) is 0 Å². The average molecular weight is 294 g/mol. The first-order valence-electron chi connectivity index (χ1n) is 9.09. The van der Waals surface area contributed by atoms with Gasteiger partial charge in [-0.2, -0.15) is 0 Å². The van der Waals surface area contributed by atoms with E-state index in [0.29, 0.717) is 23.8 Å². The van der Waals surface area contributed by atoms with Gasteiger partial charge in [0.05, 0.1) is 12.2 Å². The van der Waals surface area contributed by atoms with Crippen molar-refractivity contribution in [1.82, 2.24) is 10.2 Å². The number of hydrogen-bond acceptors (Lipinski definition) is 2. The molecule has 1 aliphatic carbocycles. The molecule has 1 saturated heterocycles.